The molecule has 0 saturated carbocycles. The van der Waals surface area contributed by atoms with Crippen LogP contribution in [-0.4, -0.2) is 31.8 Å². The van der Waals surface area contributed by atoms with Crippen LogP contribution in [-0.2, 0) is 24.9 Å². The van der Waals surface area contributed by atoms with Crippen LogP contribution in [0.1, 0.15) is 32.2 Å². The summed E-state index contributed by atoms with van der Waals surface area (Å²) < 4.78 is 14.8. The minimum absolute atomic E-state index is 0.277. The average Bonchev–Trinajstić information content (AvgIpc) is 3.04. The van der Waals surface area contributed by atoms with Gasteiger partial charge in [0.1, 0.15) is 17.3 Å². The number of nitrogens with zero attached hydrogens (tertiary/aromatic N) is 4. The Morgan fingerprint density at radius 3 is 2.43 bits per heavy atom. The lowest BCUT2D eigenvalue weighted by molar-refractivity contribution is -0.131. The molecule has 0 saturated heterocycles. The highest BCUT2D eigenvalue weighted by Gasteiger charge is 2.18. The number of aryl methyl sites for hydroxylation is 2. The predicted octanol–water partition coefficient (Wildman–Crippen LogP) is 2.04. The number of fused-ring (bicyclic) bond motifs is 1. The van der Waals surface area contributed by atoms with E-state index in [0.29, 0.717) is 40.6 Å². The van der Waals surface area contributed by atoms with Gasteiger partial charge in [0.2, 0.25) is 0 Å². The number of methoxy groups -OCH3 is 1. The van der Waals surface area contributed by atoms with E-state index in [2.05, 4.69) is 4.98 Å². The second kappa shape index (κ2) is 8.40. The van der Waals surface area contributed by atoms with Crippen molar-refractivity contribution in [1.29, 1.82) is 0 Å². The van der Waals surface area contributed by atoms with Gasteiger partial charge < -0.3 is 14.0 Å². The molecule has 0 aliphatic carbocycles. The highest BCUT2D eigenvalue weighted by Crippen LogP contribution is 2.26. The molecule has 30 heavy (non-hydrogen) atoms. The molecule has 9 heteroatoms. The summed E-state index contributed by atoms with van der Waals surface area (Å²) in [7, 11) is 3.27. The fourth-order valence-electron chi connectivity index (χ4n) is 3.29. The molecule has 3 rings (SSSR count). The number of benzene rings is 1. The van der Waals surface area contributed by atoms with Crippen molar-refractivity contribution >= 4 is 29.3 Å². The number of hydrogen-bond donors (Lipinski definition) is 0. The van der Waals surface area contributed by atoms with E-state index in [0.717, 1.165) is 0 Å². The van der Waals surface area contributed by atoms with Gasteiger partial charge in [-0.1, -0.05) is 0 Å². The molecular weight excluding hydrogens is 388 g/mol. The largest absolute Gasteiger partial charge is 0.497 e. The van der Waals surface area contributed by atoms with E-state index >= 15 is 0 Å². The van der Waals surface area contributed by atoms with Gasteiger partial charge in [-0.25, -0.2) is 9.78 Å². The monoisotopic (exact) mass is 412 g/mol. The van der Waals surface area contributed by atoms with Gasteiger partial charge in [-0.15, -0.1) is 0 Å². The normalized spacial score (nSPS) is 11.4. The van der Waals surface area contributed by atoms with Gasteiger partial charge in [0.15, 0.2) is 11.2 Å². The lowest BCUT2D eigenvalue weighted by atomic mass is 10.1. The van der Waals surface area contributed by atoms with Crippen LogP contribution in [0.4, 0.5) is 0 Å². The third-order valence-electron chi connectivity index (χ3n) is 4.79. The number of hydrogen-bond acceptors (Lipinski definition) is 6. The van der Waals surface area contributed by atoms with E-state index in [-0.39, 0.29) is 17.8 Å². The molecule has 0 unspecified atom stereocenters. The molecule has 0 aliphatic rings. The van der Waals surface area contributed by atoms with Gasteiger partial charge in [-0.3, -0.25) is 18.7 Å². The van der Waals surface area contributed by atoms with Crippen LogP contribution >= 0.6 is 0 Å². The molecule has 0 bridgehead atoms. The zero-order valence-corrected chi connectivity index (χ0v) is 17.6. The summed E-state index contributed by atoms with van der Waals surface area (Å²) in [6.45, 7) is 5.58. The van der Waals surface area contributed by atoms with Crippen LogP contribution in [0, 0.1) is 0 Å². The second-order valence-corrected chi connectivity index (χ2v) is 6.61. The number of imidazole rings is 1. The third-order valence-corrected chi connectivity index (χ3v) is 4.79. The summed E-state index contributed by atoms with van der Waals surface area (Å²) >= 11 is 0. The first kappa shape index (κ1) is 21.1. The smallest absolute Gasteiger partial charge is 0.332 e. The van der Waals surface area contributed by atoms with Gasteiger partial charge in [0, 0.05) is 32.6 Å². The highest BCUT2D eigenvalue weighted by molar-refractivity contribution is 5.79. The Balaban J connectivity index is 2.18. The van der Waals surface area contributed by atoms with Crippen molar-refractivity contribution in [3.8, 4) is 11.5 Å². The van der Waals surface area contributed by atoms with Gasteiger partial charge >= 0.3 is 11.7 Å². The number of aromatic nitrogens is 4. The van der Waals surface area contributed by atoms with Gasteiger partial charge in [0.25, 0.3) is 5.56 Å². The van der Waals surface area contributed by atoms with Gasteiger partial charge in [0.05, 0.1) is 7.11 Å². The maximum atomic E-state index is 12.8. The molecule has 0 N–H and O–H groups in total. The van der Waals surface area contributed by atoms with E-state index in [9.17, 15) is 14.4 Å². The quantitative estimate of drug-likeness (QED) is 0.454. The van der Waals surface area contributed by atoms with Crippen molar-refractivity contribution in [3.63, 3.8) is 0 Å². The number of carbonyl (C=O) groups excluding carboxylic acids is 1. The Labute approximate surface area is 172 Å². The Hall–Kier alpha value is -3.62. The van der Waals surface area contributed by atoms with Crippen molar-refractivity contribution in [2.24, 2.45) is 7.05 Å². The van der Waals surface area contributed by atoms with E-state index in [1.807, 2.05) is 6.92 Å². The van der Waals surface area contributed by atoms with E-state index in [1.54, 1.807) is 56.0 Å². The molecule has 2 heterocycles. The Kier molecular flexibility index (Phi) is 5.91. The van der Waals surface area contributed by atoms with Crippen LogP contribution in [0.25, 0.3) is 23.3 Å². The number of esters is 1. The molecule has 1 aromatic carbocycles. The van der Waals surface area contributed by atoms with Gasteiger partial charge in [-0.05, 0) is 44.2 Å². The maximum Gasteiger partial charge on any atom is 0.332 e. The van der Waals surface area contributed by atoms with Crippen molar-refractivity contribution in [1.82, 2.24) is 18.7 Å². The molecular formula is C21H24N4O5. The molecule has 0 spiro atoms. The Bertz CT molecular complexity index is 1260. The molecule has 158 valence electrons. The van der Waals surface area contributed by atoms with E-state index < -0.39 is 5.97 Å². The van der Waals surface area contributed by atoms with Gasteiger partial charge in [-0.2, -0.15) is 0 Å². The van der Waals surface area contributed by atoms with Crippen LogP contribution in [0.5, 0.6) is 11.5 Å². The summed E-state index contributed by atoms with van der Waals surface area (Å²) in [5, 5.41) is 0. The molecule has 0 atom stereocenters. The topological polar surface area (TPSA) is 97.4 Å². The van der Waals surface area contributed by atoms with Crippen LogP contribution in [0.3, 0.4) is 0 Å². The summed E-state index contributed by atoms with van der Waals surface area (Å²) in [5.74, 6) is 1.01. The standard InChI is InChI=1S/C21H24N4O5/c1-6-24-19-18(20(27)25(7-2)21(24)28)23(4)17(22-19)11-8-14-12-15(29-5)9-10-16(14)30-13(3)26/h8-12H,6-7H2,1-5H3/b11-8+. The van der Waals surface area contributed by atoms with Crippen LogP contribution in [0.15, 0.2) is 27.8 Å². The molecule has 3 aromatic rings. The lowest BCUT2D eigenvalue weighted by Crippen LogP contribution is -2.39. The van der Waals surface area contributed by atoms with E-state index in [1.165, 1.54) is 16.1 Å². The van der Waals surface area contributed by atoms with Crippen LogP contribution < -0.4 is 20.7 Å². The van der Waals surface area contributed by atoms with E-state index in [4.69, 9.17) is 9.47 Å². The summed E-state index contributed by atoms with van der Waals surface area (Å²) in [6.07, 6.45) is 3.41. The molecule has 0 fully saturated rings. The Morgan fingerprint density at radius 1 is 1.13 bits per heavy atom. The fourth-order valence-corrected chi connectivity index (χ4v) is 3.29. The number of carbonyl (C=O) groups is 1. The maximum absolute atomic E-state index is 12.8. The minimum Gasteiger partial charge on any atom is -0.497 e. The molecule has 9 nitrogen and oxygen atoms in total. The second-order valence-electron chi connectivity index (χ2n) is 6.61. The van der Waals surface area contributed by atoms with Crippen molar-refractivity contribution in [2.75, 3.05) is 7.11 Å². The summed E-state index contributed by atoms with van der Waals surface area (Å²) in [6, 6.07) is 5.06. The zero-order valence-electron chi connectivity index (χ0n) is 17.6. The third kappa shape index (κ3) is 3.66. The first-order chi connectivity index (χ1) is 14.3. The van der Waals surface area contributed by atoms with Crippen LogP contribution in [0.2, 0.25) is 0 Å². The van der Waals surface area contributed by atoms with Crippen molar-refractivity contribution in [3.05, 3.63) is 50.4 Å². The Morgan fingerprint density at radius 2 is 1.83 bits per heavy atom. The predicted molar refractivity (Wildman–Crippen MR) is 114 cm³/mol. The molecule has 2 aromatic heterocycles. The first-order valence-corrected chi connectivity index (χ1v) is 9.56. The SMILES string of the molecule is CCn1c(=O)c2c(nc(/C=C/c3cc(OC)ccc3OC(C)=O)n2C)n(CC)c1=O. The average molecular weight is 412 g/mol. The fraction of sp³-hybridized carbons (Fsp3) is 0.333. The highest BCUT2D eigenvalue weighted by atomic mass is 16.5. The lowest BCUT2D eigenvalue weighted by Gasteiger charge is -2.08. The number of ether oxygens (including phenoxy) is 2. The number of rotatable bonds is 6. The molecule has 0 radical (unpaired) electrons. The zero-order chi connectivity index (χ0) is 22.0. The van der Waals surface area contributed by atoms with Crippen molar-refractivity contribution < 1.29 is 14.3 Å². The molecule has 0 aliphatic heterocycles. The molecule has 0 amide bonds. The van der Waals surface area contributed by atoms with Crippen molar-refractivity contribution in [2.45, 2.75) is 33.9 Å². The minimum atomic E-state index is -0.440. The summed E-state index contributed by atoms with van der Waals surface area (Å²) in [5.41, 5.74) is 0.541. The first-order valence-electron chi connectivity index (χ1n) is 9.56. The summed E-state index contributed by atoms with van der Waals surface area (Å²) in [4.78, 5) is 41.3.